The molecule has 0 atom stereocenters. The van der Waals surface area contributed by atoms with E-state index in [2.05, 4.69) is 15.0 Å². The molecular weight excluding hydrogens is 222 g/mol. The summed E-state index contributed by atoms with van der Waals surface area (Å²) >= 11 is 0. The van der Waals surface area contributed by atoms with E-state index in [0.29, 0.717) is 23.6 Å². The van der Waals surface area contributed by atoms with Crippen LogP contribution in [0.2, 0.25) is 0 Å². The number of nitrogens with zero attached hydrogens (tertiary/aromatic N) is 4. The number of nitrogens with two attached hydrogens (primary N) is 1. The average Bonchev–Trinajstić information content (AvgIpc) is 2.72. The zero-order chi connectivity index (χ0) is 12.3. The van der Waals surface area contributed by atoms with E-state index in [4.69, 9.17) is 10.5 Å². The highest BCUT2D eigenvalue weighted by molar-refractivity contribution is 5.87. The van der Waals surface area contributed by atoms with E-state index in [9.17, 15) is 4.79 Å². The monoisotopic (exact) mass is 233 g/mol. The molecule has 0 aliphatic carbocycles. The lowest BCUT2D eigenvalue weighted by atomic mass is 10.5. The number of fused-ring (bicyclic) bond motifs is 1. The lowest BCUT2D eigenvalue weighted by molar-refractivity contribution is -0.137. The first-order valence-electron chi connectivity index (χ1n) is 5.00. The molecule has 17 heavy (non-hydrogen) atoms. The number of anilines is 1. The fourth-order valence-corrected chi connectivity index (χ4v) is 1.31. The van der Waals surface area contributed by atoms with Gasteiger partial charge in [-0.15, -0.1) is 0 Å². The van der Waals surface area contributed by atoms with Gasteiger partial charge in [-0.3, -0.25) is 4.57 Å². The number of imidazole rings is 1. The molecule has 7 heteroatoms. The molecule has 2 heterocycles. The minimum Gasteiger partial charge on any atom is -0.463 e. The van der Waals surface area contributed by atoms with E-state index < -0.39 is 5.97 Å². The van der Waals surface area contributed by atoms with Crippen molar-refractivity contribution in [2.24, 2.45) is 0 Å². The van der Waals surface area contributed by atoms with E-state index in [1.54, 1.807) is 11.5 Å². The first-order valence-corrected chi connectivity index (χ1v) is 5.00. The Morgan fingerprint density at radius 3 is 3.12 bits per heavy atom. The second-order valence-corrected chi connectivity index (χ2v) is 3.15. The van der Waals surface area contributed by atoms with Gasteiger partial charge in [0.1, 0.15) is 12.7 Å². The molecule has 0 saturated heterocycles. The van der Waals surface area contributed by atoms with Crippen molar-refractivity contribution in [2.75, 3.05) is 12.3 Å². The van der Waals surface area contributed by atoms with Crippen molar-refractivity contribution in [1.82, 2.24) is 19.5 Å². The van der Waals surface area contributed by atoms with Gasteiger partial charge in [-0.25, -0.2) is 19.7 Å². The standard InChI is InChI=1S/C10H11N5O2/c1-2-17-7(16)3-4-15-6-14-8-9(11)12-5-13-10(8)15/h3-6H,2H2,1H3,(H2,11,12,13)/b4-3+. The molecule has 0 bridgehead atoms. The quantitative estimate of drug-likeness (QED) is 0.610. The maximum atomic E-state index is 11.1. The molecule has 0 aliphatic heterocycles. The zero-order valence-electron chi connectivity index (χ0n) is 9.20. The highest BCUT2D eigenvalue weighted by atomic mass is 16.5. The predicted octanol–water partition coefficient (Wildman–Crippen LogP) is 0.442. The Hall–Kier alpha value is -2.44. The molecule has 2 aromatic heterocycles. The molecule has 0 radical (unpaired) electrons. The molecule has 0 fully saturated rings. The highest BCUT2D eigenvalue weighted by Gasteiger charge is 2.05. The van der Waals surface area contributed by atoms with E-state index >= 15 is 0 Å². The third-order valence-electron chi connectivity index (χ3n) is 2.04. The zero-order valence-corrected chi connectivity index (χ0v) is 9.20. The normalized spacial score (nSPS) is 11.1. The molecule has 2 aromatic rings. The smallest absolute Gasteiger partial charge is 0.332 e. The fraction of sp³-hybridized carbons (Fsp3) is 0.200. The molecule has 2 rings (SSSR count). The summed E-state index contributed by atoms with van der Waals surface area (Å²) < 4.78 is 6.33. The summed E-state index contributed by atoms with van der Waals surface area (Å²) in [7, 11) is 0. The Kier molecular flexibility index (Phi) is 2.99. The number of nitrogen functional groups attached to an aromatic ring is 1. The van der Waals surface area contributed by atoms with Crippen molar-refractivity contribution >= 4 is 29.2 Å². The Morgan fingerprint density at radius 2 is 2.35 bits per heavy atom. The molecule has 7 nitrogen and oxygen atoms in total. The molecular formula is C10H11N5O2. The first kappa shape index (κ1) is 11.1. The summed E-state index contributed by atoms with van der Waals surface area (Å²) in [6.45, 7) is 2.08. The highest BCUT2D eigenvalue weighted by Crippen LogP contribution is 2.13. The number of hydrogen-bond acceptors (Lipinski definition) is 6. The van der Waals surface area contributed by atoms with E-state index in [0.717, 1.165) is 0 Å². The maximum absolute atomic E-state index is 11.1. The minimum absolute atomic E-state index is 0.304. The summed E-state index contributed by atoms with van der Waals surface area (Å²) in [5.41, 5.74) is 6.67. The number of carbonyl (C=O) groups is 1. The Labute approximate surface area is 96.9 Å². The van der Waals surface area contributed by atoms with Crippen molar-refractivity contribution in [1.29, 1.82) is 0 Å². The molecule has 0 saturated carbocycles. The first-order chi connectivity index (χ1) is 8.22. The van der Waals surface area contributed by atoms with Gasteiger partial charge >= 0.3 is 5.97 Å². The second-order valence-electron chi connectivity index (χ2n) is 3.15. The van der Waals surface area contributed by atoms with Crippen LogP contribution in [0.25, 0.3) is 17.4 Å². The number of rotatable bonds is 3. The van der Waals surface area contributed by atoms with Crippen molar-refractivity contribution in [3.8, 4) is 0 Å². The van der Waals surface area contributed by atoms with Gasteiger partial charge in [0, 0.05) is 12.3 Å². The van der Waals surface area contributed by atoms with Crippen LogP contribution in [0.1, 0.15) is 6.92 Å². The number of carbonyl (C=O) groups excluding carboxylic acids is 1. The average molecular weight is 233 g/mol. The van der Waals surface area contributed by atoms with Gasteiger partial charge in [0.15, 0.2) is 17.0 Å². The van der Waals surface area contributed by atoms with E-state index in [1.165, 1.54) is 24.9 Å². The topological polar surface area (TPSA) is 95.9 Å². The van der Waals surface area contributed by atoms with Crippen LogP contribution in [0.3, 0.4) is 0 Å². The van der Waals surface area contributed by atoms with Gasteiger partial charge in [0.25, 0.3) is 0 Å². The van der Waals surface area contributed by atoms with Gasteiger partial charge in [-0.1, -0.05) is 0 Å². The number of aromatic nitrogens is 4. The Balaban J connectivity index is 2.31. The molecule has 0 unspecified atom stereocenters. The summed E-state index contributed by atoms with van der Waals surface area (Å²) in [6, 6.07) is 0. The van der Waals surface area contributed by atoms with Crippen LogP contribution in [0.4, 0.5) is 5.82 Å². The van der Waals surface area contributed by atoms with Crippen LogP contribution >= 0.6 is 0 Å². The predicted molar refractivity (Wildman–Crippen MR) is 61.7 cm³/mol. The van der Waals surface area contributed by atoms with Crippen LogP contribution in [0, 0.1) is 0 Å². The van der Waals surface area contributed by atoms with Gasteiger partial charge < -0.3 is 10.5 Å². The lowest BCUT2D eigenvalue weighted by Crippen LogP contribution is -2.00. The van der Waals surface area contributed by atoms with Crippen LogP contribution in [0.5, 0.6) is 0 Å². The van der Waals surface area contributed by atoms with Gasteiger partial charge in [-0.2, -0.15) is 0 Å². The number of ether oxygens (including phenoxy) is 1. The summed E-state index contributed by atoms with van der Waals surface area (Å²) in [6.07, 6.45) is 5.65. The summed E-state index contributed by atoms with van der Waals surface area (Å²) in [4.78, 5) is 23.0. The van der Waals surface area contributed by atoms with Crippen molar-refractivity contribution < 1.29 is 9.53 Å². The van der Waals surface area contributed by atoms with Crippen LogP contribution < -0.4 is 5.73 Å². The number of hydrogen-bond donors (Lipinski definition) is 1. The van der Waals surface area contributed by atoms with Crippen molar-refractivity contribution in [3.63, 3.8) is 0 Å². The fourth-order valence-electron chi connectivity index (χ4n) is 1.31. The Bertz CT molecular complexity index is 575. The maximum Gasteiger partial charge on any atom is 0.332 e. The number of esters is 1. The third-order valence-corrected chi connectivity index (χ3v) is 2.04. The van der Waals surface area contributed by atoms with E-state index in [-0.39, 0.29) is 0 Å². The lowest BCUT2D eigenvalue weighted by Gasteiger charge is -1.97. The van der Waals surface area contributed by atoms with Crippen LogP contribution in [0.15, 0.2) is 18.7 Å². The summed E-state index contributed by atoms with van der Waals surface area (Å²) in [5, 5.41) is 0. The SMILES string of the molecule is CCOC(=O)/C=C/n1cnc2c(N)ncnc21. The van der Waals surface area contributed by atoms with Crippen molar-refractivity contribution in [2.45, 2.75) is 6.92 Å². The molecule has 0 aromatic carbocycles. The largest absolute Gasteiger partial charge is 0.463 e. The second kappa shape index (κ2) is 4.60. The van der Waals surface area contributed by atoms with Crippen LogP contribution in [-0.4, -0.2) is 32.1 Å². The third kappa shape index (κ3) is 2.22. The van der Waals surface area contributed by atoms with Gasteiger partial charge in [0.05, 0.1) is 6.61 Å². The molecule has 0 aliphatic rings. The van der Waals surface area contributed by atoms with E-state index in [1.807, 2.05) is 0 Å². The molecule has 0 spiro atoms. The minimum atomic E-state index is -0.420. The van der Waals surface area contributed by atoms with Crippen LogP contribution in [-0.2, 0) is 9.53 Å². The molecule has 88 valence electrons. The summed E-state index contributed by atoms with van der Waals surface area (Å²) in [5.74, 6) is -0.116. The van der Waals surface area contributed by atoms with Crippen molar-refractivity contribution in [3.05, 3.63) is 18.7 Å². The Morgan fingerprint density at radius 1 is 1.53 bits per heavy atom. The molecule has 2 N–H and O–H groups in total. The molecule has 0 amide bonds. The van der Waals surface area contributed by atoms with Gasteiger partial charge in [0.2, 0.25) is 0 Å². The van der Waals surface area contributed by atoms with Gasteiger partial charge in [-0.05, 0) is 6.92 Å².